The number of carbonyl (C=O) groups is 2. The number of nitrogens with one attached hydrogen (secondary N) is 1. The first-order valence-corrected chi connectivity index (χ1v) is 10.1. The van der Waals surface area contributed by atoms with Gasteiger partial charge in [0.15, 0.2) is 12.4 Å². The zero-order chi connectivity index (χ0) is 20.5. The fourth-order valence-electron chi connectivity index (χ4n) is 3.14. The lowest BCUT2D eigenvalue weighted by atomic mass is 10.1. The third kappa shape index (κ3) is 7.07. The van der Waals surface area contributed by atoms with Crippen LogP contribution in [0, 0.1) is 0 Å². The summed E-state index contributed by atoms with van der Waals surface area (Å²) in [5.41, 5.74) is 0. The third-order valence-electron chi connectivity index (χ3n) is 4.70. The average Bonchev–Trinajstić information content (AvgIpc) is 3.24. The van der Waals surface area contributed by atoms with Gasteiger partial charge in [0.2, 0.25) is 5.91 Å². The van der Waals surface area contributed by atoms with Crippen LogP contribution < -0.4 is 10.1 Å². The van der Waals surface area contributed by atoms with Gasteiger partial charge in [-0.3, -0.25) is 9.59 Å². The van der Waals surface area contributed by atoms with Crippen LogP contribution in [-0.2, 0) is 9.59 Å². The van der Waals surface area contributed by atoms with Crippen LogP contribution in [0.5, 0.6) is 5.75 Å². The second-order valence-electron chi connectivity index (χ2n) is 6.89. The standard InChI is InChI=1S/C20H25ClN4O4/c21-16-4-6-17(7-5-16)28-15-20(27)25(12-11-24-9-2-1-3-10-24)14-19(26)22-18-8-13-29-23-18/h4-8,13H,1-3,9-12,14-15H2,(H,22,23,26). The number of ether oxygens (including phenoxy) is 1. The van der Waals surface area contributed by atoms with Crippen LogP contribution in [0.25, 0.3) is 0 Å². The molecule has 0 atom stereocenters. The van der Waals surface area contributed by atoms with E-state index in [0.29, 0.717) is 23.1 Å². The highest BCUT2D eigenvalue weighted by atomic mass is 35.5. The van der Waals surface area contributed by atoms with Gasteiger partial charge < -0.3 is 24.4 Å². The Morgan fingerprint density at radius 3 is 2.62 bits per heavy atom. The molecule has 1 aromatic heterocycles. The normalized spacial score (nSPS) is 14.4. The maximum atomic E-state index is 12.7. The predicted octanol–water partition coefficient (Wildman–Crippen LogP) is 2.66. The maximum absolute atomic E-state index is 12.7. The molecule has 8 nitrogen and oxygen atoms in total. The zero-order valence-electron chi connectivity index (χ0n) is 16.2. The summed E-state index contributed by atoms with van der Waals surface area (Å²) in [6, 6.07) is 8.33. The number of benzene rings is 1. The fraction of sp³-hybridized carbons (Fsp3) is 0.450. The molecule has 2 aromatic rings. The summed E-state index contributed by atoms with van der Waals surface area (Å²) < 4.78 is 10.3. The van der Waals surface area contributed by atoms with Crippen LogP contribution in [0.4, 0.5) is 5.82 Å². The summed E-state index contributed by atoms with van der Waals surface area (Å²) in [6.45, 7) is 2.99. The van der Waals surface area contributed by atoms with E-state index in [4.69, 9.17) is 20.9 Å². The van der Waals surface area contributed by atoms with E-state index in [1.807, 2.05) is 0 Å². The number of nitrogens with zero attached hydrogens (tertiary/aromatic N) is 3. The first-order chi connectivity index (χ1) is 14.1. The highest BCUT2D eigenvalue weighted by Crippen LogP contribution is 2.15. The number of halogens is 1. The van der Waals surface area contributed by atoms with Crippen LogP contribution in [0.3, 0.4) is 0 Å². The molecular formula is C20H25ClN4O4. The Morgan fingerprint density at radius 2 is 1.93 bits per heavy atom. The largest absolute Gasteiger partial charge is 0.484 e. The summed E-state index contributed by atoms with van der Waals surface area (Å²) in [5, 5.41) is 6.87. The van der Waals surface area contributed by atoms with Gasteiger partial charge in [-0.2, -0.15) is 0 Å². The second-order valence-corrected chi connectivity index (χ2v) is 7.33. The first-order valence-electron chi connectivity index (χ1n) is 9.69. The number of piperidine rings is 1. The molecule has 0 radical (unpaired) electrons. The fourth-order valence-corrected chi connectivity index (χ4v) is 3.26. The van der Waals surface area contributed by atoms with Gasteiger partial charge in [0, 0.05) is 24.2 Å². The van der Waals surface area contributed by atoms with Crippen LogP contribution in [0.2, 0.25) is 5.02 Å². The topological polar surface area (TPSA) is 87.9 Å². The molecule has 1 fully saturated rings. The van der Waals surface area contributed by atoms with E-state index in [-0.39, 0.29) is 25.0 Å². The predicted molar refractivity (Wildman–Crippen MR) is 109 cm³/mol. The van der Waals surface area contributed by atoms with Crippen molar-refractivity contribution >= 4 is 29.2 Å². The summed E-state index contributed by atoms with van der Waals surface area (Å²) in [6.07, 6.45) is 4.95. The van der Waals surface area contributed by atoms with Crippen molar-refractivity contribution in [3.05, 3.63) is 41.6 Å². The van der Waals surface area contributed by atoms with Crippen LogP contribution in [0.1, 0.15) is 19.3 Å². The van der Waals surface area contributed by atoms with Gasteiger partial charge in [0.05, 0.1) is 0 Å². The Balaban J connectivity index is 1.55. The number of amides is 2. The van der Waals surface area contributed by atoms with E-state index in [9.17, 15) is 9.59 Å². The van der Waals surface area contributed by atoms with E-state index < -0.39 is 0 Å². The Morgan fingerprint density at radius 1 is 1.17 bits per heavy atom. The minimum absolute atomic E-state index is 0.0799. The van der Waals surface area contributed by atoms with Gasteiger partial charge in [-0.25, -0.2) is 0 Å². The molecule has 156 valence electrons. The Labute approximate surface area is 174 Å². The van der Waals surface area contributed by atoms with Crippen molar-refractivity contribution in [2.75, 3.05) is 44.6 Å². The molecule has 0 saturated carbocycles. The van der Waals surface area contributed by atoms with E-state index in [1.54, 1.807) is 30.3 Å². The van der Waals surface area contributed by atoms with Gasteiger partial charge in [0.25, 0.3) is 5.91 Å². The van der Waals surface area contributed by atoms with E-state index in [0.717, 1.165) is 19.6 Å². The molecule has 0 aliphatic carbocycles. The van der Waals surface area contributed by atoms with Crippen LogP contribution >= 0.6 is 11.6 Å². The second kappa shape index (κ2) is 10.8. The molecule has 2 amide bonds. The van der Waals surface area contributed by atoms with Gasteiger partial charge in [-0.15, -0.1) is 0 Å². The van der Waals surface area contributed by atoms with Gasteiger partial charge >= 0.3 is 0 Å². The Bertz CT molecular complexity index is 776. The van der Waals surface area contributed by atoms with E-state index in [1.165, 1.54) is 30.4 Å². The summed E-state index contributed by atoms with van der Waals surface area (Å²) in [7, 11) is 0. The summed E-state index contributed by atoms with van der Waals surface area (Å²) in [4.78, 5) is 28.9. The minimum Gasteiger partial charge on any atom is -0.484 e. The Kier molecular flexibility index (Phi) is 7.89. The molecule has 2 heterocycles. The van der Waals surface area contributed by atoms with E-state index in [2.05, 4.69) is 15.4 Å². The molecular weight excluding hydrogens is 396 g/mol. The molecule has 1 aliphatic heterocycles. The molecule has 1 aliphatic rings. The van der Waals surface area contributed by atoms with Crippen LogP contribution in [0.15, 0.2) is 41.1 Å². The number of aromatic nitrogens is 1. The van der Waals surface area contributed by atoms with Gasteiger partial charge in [0.1, 0.15) is 18.6 Å². The van der Waals surface area contributed by atoms with Crippen molar-refractivity contribution in [3.8, 4) is 5.75 Å². The maximum Gasteiger partial charge on any atom is 0.261 e. The molecule has 0 unspecified atom stereocenters. The van der Waals surface area contributed by atoms with Crippen molar-refractivity contribution < 1.29 is 18.8 Å². The van der Waals surface area contributed by atoms with Crippen molar-refractivity contribution in [2.45, 2.75) is 19.3 Å². The third-order valence-corrected chi connectivity index (χ3v) is 4.96. The highest BCUT2D eigenvalue weighted by molar-refractivity contribution is 6.30. The van der Waals surface area contributed by atoms with Crippen molar-refractivity contribution in [1.29, 1.82) is 0 Å². The quantitative estimate of drug-likeness (QED) is 0.671. The van der Waals surface area contributed by atoms with E-state index >= 15 is 0 Å². The minimum atomic E-state index is -0.336. The summed E-state index contributed by atoms with van der Waals surface area (Å²) in [5.74, 6) is 0.270. The number of hydrogen-bond donors (Lipinski definition) is 1. The molecule has 3 rings (SSSR count). The number of likely N-dealkylation sites (tertiary alicyclic amines) is 1. The molecule has 9 heteroatoms. The summed E-state index contributed by atoms with van der Waals surface area (Å²) >= 11 is 5.86. The van der Waals surface area contributed by atoms with Crippen molar-refractivity contribution in [1.82, 2.24) is 15.0 Å². The smallest absolute Gasteiger partial charge is 0.261 e. The molecule has 0 bridgehead atoms. The Hall–Kier alpha value is -2.58. The molecule has 1 N–H and O–H groups in total. The van der Waals surface area contributed by atoms with Gasteiger partial charge in [-0.1, -0.05) is 23.2 Å². The number of rotatable bonds is 9. The van der Waals surface area contributed by atoms with Crippen LogP contribution in [-0.4, -0.2) is 66.1 Å². The lowest BCUT2D eigenvalue weighted by molar-refractivity contribution is -0.136. The van der Waals surface area contributed by atoms with Gasteiger partial charge in [-0.05, 0) is 50.2 Å². The number of hydrogen-bond acceptors (Lipinski definition) is 6. The van der Waals surface area contributed by atoms with Crippen molar-refractivity contribution in [3.63, 3.8) is 0 Å². The van der Waals surface area contributed by atoms with Crippen molar-refractivity contribution in [2.24, 2.45) is 0 Å². The zero-order valence-corrected chi connectivity index (χ0v) is 16.9. The first kappa shape index (κ1) is 21.1. The highest BCUT2D eigenvalue weighted by Gasteiger charge is 2.20. The lowest BCUT2D eigenvalue weighted by Gasteiger charge is -2.29. The lowest BCUT2D eigenvalue weighted by Crippen LogP contribution is -2.45. The number of carbonyl (C=O) groups excluding carboxylic acids is 2. The molecule has 1 saturated heterocycles. The molecule has 1 aromatic carbocycles. The number of anilines is 1. The molecule has 0 spiro atoms. The SMILES string of the molecule is O=C(CN(CCN1CCCCC1)C(=O)COc1ccc(Cl)cc1)Nc1ccon1. The molecule has 29 heavy (non-hydrogen) atoms. The monoisotopic (exact) mass is 420 g/mol. The average molecular weight is 421 g/mol.